The van der Waals surface area contributed by atoms with Crippen LogP contribution in [0.4, 0.5) is 0 Å². The van der Waals surface area contributed by atoms with E-state index in [1.807, 2.05) is 72.8 Å². The number of methoxy groups -OCH3 is 1. The topological polar surface area (TPSA) is 89.3 Å². The number of ether oxygens (including phenoxy) is 1. The second kappa shape index (κ2) is 9.67. The van der Waals surface area contributed by atoms with Gasteiger partial charge in [-0.05, 0) is 29.8 Å². The number of hydrogen-bond donors (Lipinski definition) is 1. The second-order valence-electron chi connectivity index (χ2n) is 9.51. The van der Waals surface area contributed by atoms with Crippen LogP contribution in [0.15, 0.2) is 48.7 Å². The summed E-state index contributed by atoms with van der Waals surface area (Å²) >= 11 is 0. The highest BCUT2D eigenvalue weighted by molar-refractivity contribution is 5.94. The van der Waals surface area contributed by atoms with Crippen LogP contribution in [0.3, 0.4) is 0 Å². The van der Waals surface area contributed by atoms with Gasteiger partial charge in [-0.1, -0.05) is 39.0 Å². The fourth-order valence-electron chi connectivity index (χ4n) is 4.11. The molecule has 0 saturated heterocycles. The van der Waals surface area contributed by atoms with Crippen LogP contribution in [0.5, 0.6) is 5.75 Å². The van der Waals surface area contributed by atoms with Gasteiger partial charge in [0, 0.05) is 48.9 Å². The van der Waals surface area contributed by atoms with Crippen molar-refractivity contribution >= 4 is 11.8 Å². The Bertz CT molecular complexity index is 1160. The van der Waals surface area contributed by atoms with Crippen LogP contribution in [-0.4, -0.2) is 45.1 Å². The first-order chi connectivity index (χ1) is 16.3. The Balaban J connectivity index is 1.59. The lowest BCUT2D eigenvalue weighted by Crippen LogP contribution is -2.43. The van der Waals surface area contributed by atoms with E-state index in [2.05, 4.69) is 15.4 Å². The summed E-state index contributed by atoms with van der Waals surface area (Å²) in [6.07, 6.45) is 2.39. The van der Waals surface area contributed by atoms with Gasteiger partial charge < -0.3 is 15.0 Å². The summed E-state index contributed by atoms with van der Waals surface area (Å²) in [6, 6.07) is 13.3. The van der Waals surface area contributed by atoms with Crippen LogP contribution in [0.25, 0.3) is 0 Å². The van der Waals surface area contributed by atoms with E-state index in [-0.39, 0.29) is 11.8 Å². The van der Waals surface area contributed by atoms with E-state index in [1.54, 1.807) is 13.3 Å². The van der Waals surface area contributed by atoms with Gasteiger partial charge >= 0.3 is 0 Å². The summed E-state index contributed by atoms with van der Waals surface area (Å²) in [6.45, 7) is 7.56. The average Bonchev–Trinajstić information content (AvgIpc) is 3.20. The van der Waals surface area contributed by atoms with Crippen LogP contribution < -0.4 is 10.1 Å². The van der Waals surface area contributed by atoms with E-state index >= 15 is 0 Å². The van der Waals surface area contributed by atoms with Crippen molar-refractivity contribution in [3.63, 3.8) is 0 Å². The van der Waals surface area contributed by atoms with Crippen molar-refractivity contribution in [2.45, 2.75) is 46.8 Å². The monoisotopic (exact) mass is 461 g/mol. The molecule has 3 heterocycles. The Labute approximate surface area is 199 Å². The number of amides is 2. The zero-order chi connectivity index (χ0) is 24.3. The number of aromatic nitrogens is 3. The van der Waals surface area contributed by atoms with Crippen molar-refractivity contribution in [2.75, 3.05) is 13.7 Å². The van der Waals surface area contributed by atoms with Gasteiger partial charge in [0.1, 0.15) is 5.75 Å². The normalized spacial score (nSPS) is 13.4. The van der Waals surface area contributed by atoms with Crippen LogP contribution >= 0.6 is 0 Å². The van der Waals surface area contributed by atoms with E-state index < -0.39 is 5.41 Å². The number of nitrogens with zero attached hydrogens (tertiary/aromatic N) is 4. The van der Waals surface area contributed by atoms with Crippen LogP contribution in [-0.2, 0) is 30.8 Å². The van der Waals surface area contributed by atoms with Crippen molar-refractivity contribution in [3.8, 4) is 5.75 Å². The second-order valence-corrected chi connectivity index (χ2v) is 9.51. The van der Waals surface area contributed by atoms with Crippen LogP contribution in [0, 0.1) is 5.41 Å². The fraction of sp³-hybridized carbons (Fsp3) is 0.385. The third-order valence-electron chi connectivity index (χ3n) is 5.93. The first-order valence-corrected chi connectivity index (χ1v) is 11.4. The van der Waals surface area contributed by atoms with Crippen molar-refractivity contribution in [3.05, 3.63) is 76.9 Å². The molecule has 2 aromatic heterocycles. The summed E-state index contributed by atoms with van der Waals surface area (Å²) < 4.78 is 7.05. The smallest absolute Gasteiger partial charge is 0.272 e. The van der Waals surface area contributed by atoms with Gasteiger partial charge in [0.2, 0.25) is 5.91 Å². The summed E-state index contributed by atoms with van der Waals surface area (Å²) in [7, 11) is 1.62. The molecule has 8 nitrogen and oxygen atoms in total. The molecule has 0 spiro atoms. The molecule has 0 fully saturated rings. The minimum absolute atomic E-state index is 0.0696. The predicted molar refractivity (Wildman–Crippen MR) is 128 cm³/mol. The van der Waals surface area contributed by atoms with Crippen molar-refractivity contribution in [1.29, 1.82) is 0 Å². The number of hydrogen-bond acceptors (Lipinski definition) is 5. The predicted octanol–water partition coefficient (Wildman–Crippen LogP) is 3.20. The summed E-state index contributed by atoms with van der Waals surface area (Å²) in [4.78, 5) is 32.4. The van der Waals surface area contributed by atoms with Gasteiger partial charge in [0.15, 0.2) is 5.69 Å². The molecule has 0 radical (unpaired) electrons. The van der Waals surface area contributed by atoms with Gasteiger partial charge in [-0.25, -0.2) is 0 Å². The highest BCUT2D eigenvalue weighted by atomic mass is 16.5. The van der Waals surface area contributed by atoms with Crippen molar-refractivity contribution in [2.24, 2.45) is 5.41 Å². The van der Waals surface area contributed by atoms with E-state index in [9.17, 15) is 9.59 Å². The SMILES string of the molecule is COc1ccc(CNC(=O)c2nn(Cc3ccccn3)c3c2CN(C(=O)C(C)(C)C)CC3)cc1. The number of fused-ring (bicyclic) bond motifs is 1. The Morgan fingerprint density at radius 1 is 1.12 bits per heavy atom. The molecule has 0 bridgehead atoms. The number of carbonyl (C=O) groups is 2. The van der Waals surface area contributed by atoms with Gasteiger partial charge in [0.05, 0.1) is 19.3 Å². The molecule has 1 N–H and O–H groups in total. The molecule has 3 aromatic rings. The number of pyridine rings is 1. The van der Waals surface area contributed by atoms with Gasteiger partial charge in [-0.15, -0.1) is 0 Å². The average molecular weight is 462 g/mol. The zero-order valence-corrected chi connectivity index (χ0v) is 20.2. The lowest BCUT2D eigenvalue weighted by Gasteiger charge is -2.32. The first kappa shape index (κ1) is 23.5. The maximum absolute atomic E-state index is 13.2. The van der Waals surface area contributed by atoms with E-state index in [1.165, 1.54) is 0 Å². The Kier molecular flexibility index (Phi) is 6.68. The lowest BCUT2D eigenvalue weighted by atomic mass is 9.93. The molecular formula is C26H31N5O3. The standard InChI is InChI=1S/C26H31N5O3/c1-26(2,3)25(33)30-14-12-22-21(17-30)23(29-31(22)16-19-7-5-6-13-27-19)24(32)28-15-18-8-10-20(34-4)11-9-18/h5-11,13H,12,14-17H2,1-4H3,(H,28,32). The molecule has 0 aliphatic carbocycles. The molecule has 2 amide bonds. The Morgan fingerprint density at radius 3 is 2.53 bits per heavy atom. The Morgan fingerprint density at radius 2 is 1.88 bits per heavy atom. The van der Waals surface area contributed by atoms with E-state index in [4.69, 9.17) is 4.74 Å². The van der Waals surface area contributed by atoms with Gasteiger partial charge in [-0.2, -0.15) is 5.10 Å². The molecule has 1 aromatic carbocycles. The van der Waals surface area contributed by atoms with Crippen molar-refractivity contribution < 1.29 is 14.3 Å². The van der Waals surface area contributed by atoms with E-state index in [0.717, 1.165) is 28.3 Å². The zero-order valence-electron chi connectivity index (χ0n) is 20.2. The number of benzene rings is 1. The summed E-state index contributed by atoms with van der Waals surface area (Å²) in [5.41, 5.74) is 3.50. The molecule has 1 aliphatic heterocycles. The Hall–Kier alpha value is -3.68. The van der Waals surface area contributed by atoms with Gasteiger partial charge in [-0.3, -0.25) is 19.3 Å². The van der Waals surface area contributed by atoms with Crippen LogP contribution in [0.1, 0.15) is 53.8 Å². The third-order valence-corrected chi connectivity index (χ3v) is 5.93. The molecule has 1 aliphatic rings. The first-order valence-electron chi connectivity index (χ1n) is 11.4. The molecule has 4 rings (SSSR count). The number of rotatable bonds is 6. The molecule has 0 atom stereocenters. The number of carbonyl (C=O) groups excluding carboxylic acids is 2. The van der Waals surface area contributed by atoms with Gasteiger partial charge in [0.25, 0.3) is 5.91 Å². The maximum Gasteiger partial charge on any atom is 0.272 e. The minimum atomic E-state index is -0.488. The highest BCUT2D eigenvalue weighted by Crippen LogP contribution is 2.27. The molecule has 0 unspecified atom stereocenters. The van der Waals surface area contributed by atoms with E-state index in [0.29, 0.717) is 38.3 Å². The highest BCUT2D eigenvalue weighted by Gasteiger charge is 2.34. The lowest BCUT2D eigenvalue weighted by molar-refractivity contribution is -0.140. The summed E-state index contributed by atoms with van der Waals surface area (Å²) in [5, 5.41) is 7.67. The summed E-state index contributed by atoms with van der Waals surface area (Å²) in [5.74, 6) is 0.582. The quantitative estimate of drug-likeness (QED) is 0.609. The molecule has 8 heteroatoms. The molecular weight excluding hydrogens is 430 g/mol. The number of nitrogens with one attached hydrogen (secondary N) is 1. The largest absolute Gasteiger partial charge is 0.497 e. The van der Waals surface area contributed by atoms with Crippen LogP contribution in [0.2, 0.25) is 0 Å². The minimum Gasteiger partial charge on any atom is -0.497 e. The van der Waals surface area contributed by atoms with Crippen molar-refractivity contribution in [1.82, 2.24) is 25.0 Å². The third kappa shape index (κ3) is 5.11. The maximum atomic E-state index is 13.2. The molecule has 0 saturated carbocycles. The molecule has 178 valence electrons. The molecule has 34 heavy (non-hydrogen) atoms. The fourth-order valence-corrected chi connectivity index (χ4v) is 4.11.